The molecule has 8 heteroatoms. The summed E-state index contributed by atoms with van der Waals surface area (Å²) < 4.78 is 33.9. The number of rotatable bonds is 7. The van der Waals surface area contributed by atoms with Crippen LogP contribution in [0.5, 0.6) is 5.75 Å². The number of carbonyl (C=O) groups excluding carboxylic acids is 1. The molecule has 1 N–H and O–H groups in total. The van der Waals surface area contributed by atoms with Crippen molar-refractivity contribution in [2.24, 2.45) is 0 Å². The normalized spacial score (nSPS) is 11.0. The molecule has 1 amide bonds. The lowest BCUT2D eigenvalue weighted by molar-refractivity contribution is -0.114. The van der Waals surface area contributed by atoms with Crippen LogP contribution >= 0.6 is 15.9 Å². The topological polar surface area (TPSA) is 75.7 Å². The zero-order valence-electron chi connectivity index (χ0n) is 15.6. The maximum absolute atomic E-state index is 13.3. The van der Waals surface area contributed by atoms with E-state index >= 15 is 0 Å². The molecule has 150 valence electrons. The maximum atomic E-state index is 13.3. The molecule has 0 bridgehead atoms. The van der Waals surface area contributed by atoms with Crippen LogP contribution in [-0.2, 0) is 14.8 Å². The molecule has 29 heavy (non-hydrogen) atoms. The van der Waals surface area contributed by atoms with E-state index in [1.807, 2.05) is 0 Å². The molecule has 0 saturated heterocycles. The number of methoxy groups -OCH3 is 1. The van der Waals surface area contributed by atoms with E-state index in [1.165, 1.54) is 19.2 Å². The molecule has 0 radical (unpaired) electrons. The summed E-state index contributed by atoms with van der Waals surface area (Å²) in [5.74, 6) is -0.124. The van der Waals surface area contributed by atoms with Crippen LogP contribution in [0.25, 0.3) is 0 Å². The molecule has 0 aliphatic heterocycles. The molecule has 0 spiro atoms. The molecule has 0 unspecified atom stereocenters. The smallest absolute Gasteiger partial charge is 0.264 e. The van der Waals surface area contributed by atoms with Gasteiger partial charge in [-0.25, -0.2) is 8.42 Å². The van der Waals surface area contributed by atoms with Crippen LogP contribution < -0.4 is 14.4 Å². The average molecular weight is 475 g/mol. The van der Waals surface area contributed by atoms with Gasteiger partial charge in [-0.15, -0.1) is 0 Å². The Hall–Kier alpha value is -2.84. The molecular formula is C21H19BrN2O4S. The standard InChI is InChI=1S/C21H19BrN2O4S/c1-28-20-10-6-5-9-19(20)24(29(26,27)18-7-3-2-4-8-18)15-21(25)23-17-13-11-16(22)12-14-17/h2-14H,15H2,1H3,(H,23,25). The molecule has 0 saturated carbocycles. The van der Waals surface area contributed by atoms with Gasteiger partial charge in [-0.2, -0.15) is 0 Å². The Balaban J connectivity index is 1.97. The number of halogens is 1. The minimum atomic E-state index is -4.00. The monoisotopic (exact) mass is 474 g/mol. The third-order valence-electron chi connectivity index (χ3n) is 4.10. The van der Waals surface area contributed by atoms with Gasteiger partial charge in [0.1, 0.15) is 12.3 Å². The number of benzene rings is 3. The molecule has 0 heterocycles. The maximum Gasteiger partial charge on any atom is 0.264 e. The largest absolute Gasteiger partial charge is 0.495 e. The Kier molecular flexibility index (Phi) is 6.56. The number of anilines is 2. The Labute approximate surface area is 178 Å². The second-order valence-corrected chi connectivity index (χ2v) is 8.83. The van der Waals surface area contributed by atoms with E-state index in [4.69, 9.17) is 4.74 Å². The van der Waals surface area contributed by atoms with Crippen LogP contribution in [0, 0.1) is 0 Å². The van der Waals surface area contributed by atoms with Gasteiger partial charge in [0.25, 0.3) is 10.0 Å². The van der Waals surface area contributed by atoms with Crippen molar-refractivity contribution in [3.8, 4) is 5.75 Å². The first-order chi connectivity index (χ1) is 13.9. The quantitative estimate of drug-likeness (QED) is 0.553. The number of sulfonamides is 1. The highest BCUT2D eigenvalue weighted by Crippen LogP contribution is 2.32. The zero-order valence-corrected chi connectivity index (χ0v) is 18.0. The van der Waals surface area contributed by atoms with Gasteiger partial charge in [0.2, 0.25) is 5.91 Å². The van der Waals surface area contributed by atoms with Gasteiger partial charge in [0.15, 0.2) is 0 Å². The summed E-state index contributed by atoms with van der Waals surface area (Å²) in [7, 11) is -2.54. The van der Waals surface area contributed by atoms with E-state index < -0.39 is 22.5 Å². The molecule has 0 fully saturated rings. The predicted octanol–water partition coefficient (Wildman–Crippen LogP) is 4.29. The van der Waals surface area contributed by atoms with Gasteiger partial charge in [-0.3, -0.25) is 9.10 Å². The number of ether oxygens (including phenoxy) is 1. The van der Waals surface area contributed by atoms with Crippen molar-refractivity contribution in [2.75, 3.05) is 23.3 Å². The molecule has 0 aliphatic carbocycles. The van der Waals surface area contributed by atoms with Crippen molar-refractivity contribution in [1.82, 2.24) is 0 Å². The van der Waals surface area contributed by atoms with E-state index in [0.717, 1.165) is 8.78 Å². The first kappa shape index (κ1) is 20.9. The highest BCUT2D eigenvalue weighted by Gasteiger charge is 2.29. The van der Waals surface area contributed by atoms with Gasteiger partial charge in [-0.1, -0.05) is 46.3 Å². The Morgan fingerprint density at radius 2 is 1.59 bits per heavy atom. The van der Waals surface area contributed by atoms with E-state index in [2.05, 4.69) is 21.2 Å². The summed E-state index contributed by atoms with van der Waals surface area (Å²) in [6.45, 7) is -0.409. The lowest BCUT2D eigenvalue weighted by Crippen LogP contribution is -2.38. The number of nitrogens with one attached hydrogen (secondary N) is 1. The van der Waals surface area contributed by atoms with Crippen molar-refractivity contribution in [1.29, 1.82) is 0 Å². The Morgan fingerprint density at radius 3 is 2.24 bits per heavy atom. The van der Waals surface area contributed by atoms with Crippen molar-refractivity contribution < 1.29 is 17.9 Å². The molecule has 3 aromatic rings. The SMILES string of the molecule is COc1ccccc1N(CC(=O)Nc1ccc(Br)cc1)S(=O)(=O)c1ccccc1. The number of nitrogens with zero attached hydrogens (tertiary/aromatic N) is 1. The van der Waals surface area contributed by atoms with Crippen molar-refractivity contribution in [3.05, 3.63) is 83.3 Å². The summed E-state index contributed by atoms with van der Waals surface area (Å²) >= 11 is 3.34. The van der Waals surface area contributed by atoms with E-state index in [1.54, 1.807) is 66.7 Å². The summed E-state index contributed by atoms with van der Waals surface area (Å²) in [5.41, 5.74) is 0.847. The summed E-state index contributed by atoms with van der Waals surface area (Å²) in [4.78, 5) is 12.8. The molecule has 6 nitrogen and oxygen atoms in total. The summed E-state index contributed by atoms with van der Waals surface area (Å²) in [5, 5.41) is 2.72. The lowest BCUT2D eigenvalue weighted by Gasteiger charge is -2.25. The van der Waals surface area contributed by atoms with Crippen molar-refractivity contribution in [3.63, 3.8) is 0 Å². The van der Waals surface area contributed by atoms with Gasteiger partial charge in [-0.05, 0) is 48.5 Å². The average Bonchev–Trinajstić information content (AvgIpc) is 2.74. The van der Waals surface area contributed by atoms with Crippen LogP contribution in [-0.4, -0.2) is 28.0 Å². The highest BCUT2D eigenvalue weighted by molar-refractivity contribution is 9.10. The zero-order chi connectivity index (χ0) is 20.9. The second kappa shape index (κ2) is 9.11. The van der Waals surface area contributed by atoms with E-state index in [0.29, 0.717) is 11.4 Å². The first-order valence-electron chi connectivity index (χ1n) is 8.68. The molecular weight excluding hydrogens is 456 g/mol. The second-order valence-electron chi connectivity index (χ2n) is 6.05. The minimum absolute atomic E-state index is 0.0855. The van der Waals surface area contributed by atoms with Crippen LogP contribution in [0.3, 0.4) is 0 Å². The van der Waals surface area contributed by atoms with Crippen molar-refractivity contribution in [2.45, 2.75) is 4.90 Å². The fraction of sp³-hybridized carbons (Fsp3) is 0.0952. The minimum Gasteiger partial charge on any atom is -0.495 e. The first-order valence-corrected chi connectivity index (χ1v) is 10.9. The number of carbonyl (C=O) groups is 1. The molecule has 0 aromatic heterocycles. The van der Waals surface area contributed by atoms with Crippen LogP contribution in [0.1, 0.15) is 0 Å². The third-order valence-corrected chi connectivity index (χ3v) is 6.40. The van der Waals surface area contributed by atoms with Crippen molar-refractivity contribution >= 4 is 43.2 Å². The molecule has 3 rings (SSSR count). The van der Waals surface area contributed by atoms with Crippen LogP contribution in [0.15, 0.2) is 88.2 Å². The summed E-state index contributed by atoms with van der Waals surface area (Å²) in [6, 6.07) is 21.7. The third kappa shape index (κ3) is 4.96. The van der Waals surface area contributed by atoms with Gasteiger partial charge < -0.3 is 10.1 Å². The Bertz CT molecular complexity index is 1090. The summed E-state index contributed by atoms with van der Waals surface area (Å²) in [6.07, 6.45) is 0. The lowest BCUT2D eigenvalue weighted by atomic mass is 10.3. The molecule has 0 atom stereocenters. The van der Waals surface area contributed by atoms with Gasteiger partial charge in [0.05, 0.1) is 17.7 Å². The molecule has 3 aromatic carbocycles. The fourth-order valence-electron chi connectivity index (χ4n) is 2.72. The van der Waals surface area contributed by atoms with Gasteiger partial charge >= 0.3 is 0 Å². The highest BCUT2D eigenvalue weighted by atomic mass is 79.9. The van der Waals surface area contributed by atoms with E-state index in [9.17, 15) is 13.2 Å². The van der Waals surface area contributed by atoms with Crippen LogP contribution in [0.2, 0.25) is 0 Å². The Morgan fingerprint density at radius 1 is 0.966 bits per heavy atom. The number of hydrogen-bond donors (Lipinski definition) is 1. The fourth-order valence-corrected chi connectivity index (χ4v) is 4.44. The number of hydrogen-bond acceptors (Lipinski definition) is 4. The van der Waals surface area contributed by atoms with Crippen LogP contribution in [0.4, 0.5) is 11.4 Å². The van der Waals surface area contributed by atoms with E-state index in [-0.39, 0.29) is 10.6 Å². The molecule has 0 aliphatic rings. The predicted molar refractivity (Wildman–Crippen MR) is 117 cm³/mol. The number of amides is 1. The van der Waals surface area contributed by atoms with Gasteiger partial charge in [0, 0.05) is 10.2 Å². The number of para-hydroxylation sites is 2.